The molecule has 0 unspecified atom stereocenters. The zero-order valence-corrected chi connectivity index (χ0v) is 11.0. The van der Waals surface area contributed by atoms with Gasteiger partial charge in [-0.05, 0) is 13.8 Å². The summed E-state index contributed by atoms with van der Waals surface area (Å²) in [5.41, 5.74) is 1.80. The average Bonchev–Trinajstić information content (AvgIpc) is 2.70. The summed E-state index contributed by atoms with van der Waals surface area (Å²) >= 11 is 0. The molecule has 1 aliphatic rings. The van der Waals surface area contributed by atoms with Crippen molar-refractivity contribution in [3.8, 4) is 0 Å². The first kappa shape index (κ1) is 13.0. The second-order valence-corrected chi connectivity index (χ2v) is 4.56. The maximum atomic E-state index is 12.2. The van der Waals surface area contributed by atoms with Crippen LogP contribution in [0.15, 0.2) is 4.52 Å². The first-order valence-corrected chi connectivity index (χ1v) is 6.08. The molecule has 18 heavy (non-hydrogen) atoms. The molecule has 1 saturated heterocycles. The van der Waals surface area contributed by atoms with Gasteiger partial charge in [-0.1, -0.05) is 5.16 Å². The van der Waals surface area contributed by atoms with E-state index in [-0.39, 0.29) is 12.0 Å². The van der Waals surface area contributed by atoms with E-state index in [4.69, 9.17) is 9.26 Å². The maximum absolute atomic E-state index is 12.2. The number of likely N-dealkylation sites (N-methyl/N-ethyl adjacent to an activating group) is 1. The highest BCUT2D eigenvalue weighted by Crippen LogP contribution is 2.15. The summed E-state index contributed by atoms with van der Waals surface area (Å²) in [5.74, 6) is 0.747. The monoisotopic (exact) mass is 253 g/mol. The largest absolute Gasteiger partial charge is 0.366 e. The minimum absolute atomic E-state index is 0.0119. The predicted molar refractivity (Wildman–Crippen MR) is 65.1 cm³/mol. The fourth-order valence-corrected chi connectivity index (χ4v) is 2.01. The van der Waals surface area contributed by atoms with E-state index in [1.807, 2.05) is 13.8 Å². The molecular weight excluding hydrogens is 234 g/mol. The van der Waals surface area contributed by atoms with Crippen molar-refractivity contribution in [2.45, 2.75) is 26.5 Å². The Morgan fingerprint density at radius 1 is 1.56 bits per heavy atom. The quantitative estimate of drug-likeness (QED) is 0.835. The van der Waals surface area contributed by atoms with Crippen LogP contribution in [0.1, 0.15) is 17.0 Å². The molecule has 0 saturated carbocycles. The Labute approximate surface area is 106 Å². The Balaban J connectivity index is 1.98. The number of nitrogens with zero attached hydrogens (tertiary/aromatic N) is 2. The molecule has 1 aromatic rings. The number of carbonyl (C=O) groups is 1. The standard InChI is InChI=1S/C12H19N3O3/c1-8-10(9(2)18-14-8)7-15(3)12(16)11-6-13-4-5-17-11/h11,13H,4-7H2,1-3H3/t11-/m1/s1. The summed E-state index contributed by atoms with van der Waals surface area (Å²) in [4.78, 5) is 13.8. The minimum Gasteiger partial charge on any atom is -0.366 e. The van der Waals surface area contributed by atoms with Crippen molar-refractivity contribution in [3.05, 3.63) is 17.0 Å². The highest BCUT2D eigenvalue weighted by molar-refractivity contribution is 5.81. The van der Waals surface area contributed by atoms with Gasteiger partial charge in [0.2, 0.25) is 0 Å². The Hall–Kier alpha value is -1.40. The Bertz CT molecular complexity index is 405. The first-order valence-electron chi connectivity index (χ1n) is 6.08. The smallest absolute Gasteiger partial charge is 0.253 e. The fraction of sp³-hybridized carbons (Fsp3) is 0.667. The molecule has 2 rings (SSSR count). The van der Waals surface area contributed by atoms with Crippen LogP contribution >= 0.6 is 0 Å². The number of amides is 1. The number of nitrogens with one attached hydrogen (secondary N) is 1. The normalized spacial score (nSPS) is 19.8. The van der Waals surface area contributed by atoms with Gasteiger partial charge < -0.3 is 19.5 Å². The number of aromatic nitrogens is 1. The van der Waals surface area contributed by atoms with E-state index in [0.29, 0.717) is 19.7 Å². The third kappa shape index (κ3) is 2.70. The van der Waals surface area contributed by atoms with Crippen LogP contribution in [0.2, 0.25) is 0 Å². The molecule has 6 nitrogen and oxygen atoms in total. The highest BCUT2D eigenvalue weighted by atomic mass is 16.5. The third-order valence-corrected chi connectivity index (χ3v) is 3.16. The van der Waals surface area contributed by atoms with Crippen molar-refractivity contribution < 1.29 is 14.1 Å². The van der Waals surface area contributed by atoms with Crippen LogP contribution in [0, 0.1) is 13.8 Å². The van der Waals surface area contributed by atoms with Gasteiger partial charge in [-0.15, -0.1) is 0 Å². The lowest BCUT2D eigenvalue weighted by molar-refractivity contribution is -0.144. The van der Waals surface area contributed by atoms with E-state index in [1.54, 1.807) is 11.9 Å². The number of carbonyl (C=O) groups excluding carboxylic acids is 1. The van der Waals surface area contributed by atoms with Gasteiger partial charge >= 0.3 is 0 Å². The number of ether oxygens (including phenoxy) is 1. The van der Waals surface area contributed by atoms with Gasteiger partial charge in [0.1, 0.15) is 11.9 Å². The van der Waals surface area contributed by atoms with Crippen molar-refractivity contribution >= 4 is 5.91 Å². The molecule has 0 aliphatic carbocycles. The number of hydrogen-bond donors (Lipinski definition) is 1. The Kier molecular flexibility index (Phi) is 3.98. The van der Waals surface area contributed by atoms with Gasteiger partial charge in [-0.3, -0.25) is 4.79 Å². The molecule has 1 N–H and O–H groups in total. The molecular formula is C12H19N3O3. The third-order valence-electron chi connectivity index (χ3n) is 3.16. The van der Waals surface area contributed by atoms with Crippen molar-refractivity contribution in [2.24, 2.45) is 0 Å². The summed E-state index contributed by atoms with van der Waals surface area (Å²) in [6.07, 6.45) is -0.385. The van der Waals surface area contributed by atoms with Gasteiger partial charge in [0.05, 0.1) is 18.8 Å². The van der Waals surface area contributed by atoms with Crippen LogP contribution in [0.3, 0.4) is 0 Å². The van der Waals surface area contributed by atoms with Crippen LogP contribution < -0.4 is 5.32 Å². The number of aryl methyl sites for hydroxylation is 2. The summed E-state index contributed by atoms with van der Waals surface area (Å²) in [5, 5.41) is 7.03. The lowest BCUT2D eigenvalue weighted by atomic mass is 10.2. The molecule has 2 heterocycles. The Morgan fingerprint density at radius 3 is 2.89 bits per heavy atom. The second kappa shape index (κ2) is 5.49. The predicted octanol–water partition coefficient (Wildman–Crippen LogP) is 0.238. The van der Waals surface area contributed by atoms with Gasteiger partial charge in [0, 0.05) is 25.7 Å². The summed E-state index contributed by atoms with van der Waals surface area (Å²) in [7, 11) is 1.77. The van der Waals surface area contributed by atoms with E-state index < -0.39 is 0 Å². The topological polar surface area (TPSA) is 67.6 Å². The van der Waals surface area contributed by atoms with E-state index in [9.17, 15) is 4.79 Å². The van der Waals surface area contributed by atoms with Crippen LogP contribution in [0.5, 0.6) is 0 Å². The van der Waals surface area contributed by atoms with E-state index in [0.717, 1.165) is 23.6 Å². The fourth-order valence-electron chi connectivity index (χ4n) is 2.01. The average molecular weight is 253 g/mol. The van der Waals surface area contributed by atoms with Crippen molar-refractivity contribution in [3.63, 3.8) is 0 Å². The zero-order chi connectivity index (χ0) is 13.1. The molecule has 0 bridgehead atoms. The minimum atomic E-state index is -0.385. The first-order chi connectivity index (χ1) is 8.59. The Morgan fingerprint density at radius 2 is 2.33 bits per heavy atom. The van der Waals surface area contributed by atoms with Crippen molar-refractivity contribution in [1.82, 2.24) is 15.4 Å². The van der Waals surface area contributed by atoms with Gasteiger partial charge in [-0.2, -0.15) is 0 Å². The van der Waals surface area contributed by atoms with Crippen LogP contribution in [-0.4, -0.2) is 48.8 Å². The summed E-state index contributed by atoms with van der Waals surface area (Å²) in [6.45, 7) is 6.19. The van der Waals surface area contributed by atoms with Gasteiger partial charge in [-0.25, -0.2) is 0 Å². The number of hydrogen-bond acceptors (Lipinski definition) is 5. The molecule has 1 aromatic heterocycles. The molecule has 1 amide bonds. The SMILES string of the molecule is Cc1noc(C)c1CN(C)C(=O)[C@H]1CNCCO1. The van der Waals surface area contributed by atoms with Crippen molar-refractivity contribution in [2.75, 3.05) is 26.7 Å². The summed E-state index contributed by atoms with van der Waals surface area (Å²) < 4.78 is 10.5. The molecule has 1 fully saturated rings. The second-order valence-electron chi connectivity index (χ2n) is 4.56. The van der Waals surface area contributed by atoms with E-state index >= 15 is 0 Å². The highest BCUT2D eigenvalue weighted by Gasteiger charge is 2.25. The number of rotatable bonds is 3. The molecule has 6 heteroatoms. The lowest BCUT2D eigenvalue weighted by Gasteiger charge is -2.27. The molecule has 1 aliphatic heterocycles. The maximum Gasteiger partial charge on any atom is 0.253 e. The summed E-state index contributed by atoms with van der Waals surface area (Å²) in [6, 6.07) is 0. The molecule has 1 atom stereocenters. The lowest BCUT2D eigenvalue weighted by Crippen LogP contribution is -2.48. The molecule has 0 spiro atoms. The molecule has 0 radical (unpaired) electrons. The van der Waals surface area contributed by atoms with Crippen LogP contribution in [-0.2, 0) is 16.1 Å². The number of morpholine rings is 1. The molecule has 100 valence electrons. The van der Waals surface area contributed by atoms with E-state index in [2.05, 4.69) is 10.5 Å². The van der Waals surface area contributed by atoms with E-state index in [1.165, 1.54) is 0 Å². The van der Waals surface area contributed by atoms with Crippen LogP contribution in [0.25, 0.3) is 0 Å². The van der Waals surface area contributed by atoms with Crippen molar-refractivity contribution in [1.29, 1.82) is 0 Å². The molecule has 0 aromatic carbocycles. The van der Waals surface area contributed by atoms with Gasteiger partial charge in [0.25, 0.3) is 5.91 Å². The zero-order valence-electron chi connectivity index (χ0n) is 11.0. The van der Waals surface area contributed by atoms with Crippen LogP contribution in [0.4, 0.5) is 0 Å². The van der Waals surface area contributed by atoms with Gasteiger partial charge in [0.15, 0.2) is 0 Å².